The molecule has 1 N–H and O–H groups in total. The second-order valence-corrected chi connectivity index (χ2v) is 6.66. The zero-order valence-electron chi connectivity index (χ0n) is 12.3. The van der Waals surface area contributed by atoms with Gasteiger partial charge in [-0.3, -0.25) is 9.69 Å². The predicted octanol–water partition coefficient (Wildman–Crippen LogP) is 2.73. The number of nitrogens with zero attached hydrogens (tertiary/aromatic N) is 2. The molecule has 5 heteroatoms. The Balaban J connectivity index is 1.86. The first-order chi connectivity index (χ1) is 9.36. The van der Waals surface area contributed by atoms with E-state index in [1.165, 1.54) is 6.20 Å². The van der Waals surface area contributed by atoms with E-state index in [9.17, 15) is 4.79 Å². The van der Waals surface area contributed by atoms with Crippen LogP contribution >= 0.6 is 11.6 Å². The lowest BCUT2D eigenvalue weighted by molar-refractivity contribution is 0.0812. The normalized spacial score (nSPS) is 18.0. The van der Waals surface area contributed by atoms with E-state index < -0.39 is 0 Å². The molecule has 0 spiro atoms. The third kappa shape index (κ3) is 3.93. The van der Waals surface area contributed by atoms with Crippen LogP contribution in [0.2, 0.25) is 5.15 Å². The van der Waals surface area contributed by atoms with Crippen molar-refractivity contribution in [2.24, 2.45) is 0 Å². The van der Waals surface area contributed by atoms with E-state index in [0.29, 0.717) is 10.7 Å². The summed E-state index contributed by atoms with van der Waals surface area (Å²) in [5, 5.41) is 3.48. The molecule has 0 radical (unpaired) electrons. The number of carbonyl (C=O) groups is 1. The average Bonchev–Trinajstić information content (AvgIpc) is 2.39. The van der Waals surface area contributed by atoms with Crippen LogP contribution in [0.3, 0.4) is 0 Å². The molecule has 110 valence electrons. The summed E-state index contributed by atoms with van der Waals surface area (Å²) in [6, 6.07) is 3.59. The Bertz CT molecular complexity index is 459. The quantitative estimate of drug-likeness (QED) is 0.853. The molecule has 0 atom stereocenters. The molecule has 2 heterocycles. The van der Waals surface area contributed by atoms with Gasteiger partial charge < -0.3 is 5.32 Å². The summed E-state index contributed by atoms with van der Waals surface area (Å²) in [6.45, 7) is 8.72. The van der Waals surface area contributed by atoms with Crippen molar-refractivity contribution < 1.29 is 4.79 Å². The van der Waals surface area contributed by atoms with E-state index in [1.807, 2.05) is 0 Å². The summed E-state index contributed by atoms with van der Waals surface area (Å²) in [5.41, 5.74) is 0.766. The molecular weight excluding hydrogens is 274 g/mol. The smallest absolute Gasteiger partial charge is 0.253 e. The van der Waals surface area contributed by atoms with Crippen LogP contribution in [-0.2, 0) is 0 Å². The summed E-state index contributed by atoms with van der Waals surface area (Å²) in [4.78, 5) is 18.5. The van der Waals surface area contributed by atoms with Crippen molar-refractivity contribution in [3.05, 3.63) is 29.0 Å². The fraction of sp³-hybridized carbons (Fsp3) is 0.600. The maximum atomic E-state index is 12.1. The zero-order valence-corrected chi connectivity index (χ0v) is 13.1. The van der Waals surface area contributed by atoms with Gasteiger partial charge in [-0.05, 0) is 45.7 Å². The van der Waals surface area contributed by atoms with Crippen LogP contribution in [-0.4, -0.2) is 40.5 Å². The SMILES string of the molecule is CC(C)(C)N1CCC(NC(=O)c2ccc(Cl)nc2)CC1. The molecule has 0 bridgehead atoms. The first-order valence-electron chi connectivity index (χ1n) is 7.04. The second kappa shape index (κ2) is 6.10. The van der Waals surface area contributed by atoms with Crippen LogP contribution in [0.15, 0.2) is 18.3 Å². The number of hydrogen-bond donors (Lipinski definition) is 1. The second-order valence-electron chi connectivity index (χ2n) is 6.28. The van der Waals surface area contributed by atoms with Gasteiger partial charge in [-0.2, -0.15) is 0 Å². The molecule has 1 fully saturated rings. The molecule has 1 aliphatic rings. The highest BCUT2D eigenvalue weighted by Gasteiger charge is 2.27. The van der Waals surface area contributed by atoms with Gasteiger partial charge in [-0.25, -0.2) is 4.98 Å². The Morgan fingerprint density at radius 1 is 1.35 bits per heavy atom. The molecule has 0 saturated carbocycles. The van der Waals surface area contributed by atoms with Gasteiger partial charge in [0.25, 0.3) is 5.91 Å². The van der Waals surface area contributed by atoms with E-state index in [2.05, 4.69) is 36.0 Å². The minimum absolute atomic E-state index is 0.0663. The lowest BCUT2D eigenvalue weighted by Gasteiger charge is -2.41. The molecule has 1 aromatic heterocycles. The molecule has 2 rings (SSSR count). The summed E-state index contributed by atoms with van der Waals surface area (Å²) in [7, 11) is 0. The fourth-order valence-corrected chi connectivity index (χ4v) is 2.59. The number of rotatable bonds is 2. The summed E-state index contributed by atoms with van der Waals surface area (Å²) in [5.74, 6) is -0.0663. The Labute approximate surface area is 125 Å². The van der Waals surface area contributed by atoms with Gasteiger partial charge in [0.2, 0.25) is 0 Å². The molecule has 0 aromatic carbocycles. The lowest BCUT2D eigenvalue weighted by atomic mass is 9.98. The van der Waals surface area contributed by atoms with Crippen molar-refractivity contribution in [3.63, 3.8) is 0 Å². The third-order valence-corrected chi connectivity index (χ3v) is 3.99. The van der Waals surface area contributed by atoms with Crippen LogP contribution in [0.25, 0.3) is 0 Å². The van der Waals surface area contributed by atoms with Crippen molar-refractivity contribution in [3.8, 4) is 0 Å². The highest BCUT2D eigenvalue weighted by Crippen LogP contribution is 2.20. The van der Waals surface area contributed by atoms with Crippen molar-refractivity contribution in [2.45, 2.75) is 45.2 Å². The van der Waals surface area contributed by atoms with Gasteiger partial charge in [0.1, 0.15) is 5.15 Å². The van der Waals surface area contributed by atoms with Gasteiger partial charge in [-0.1, -0.05) is 11.6 Å². The summed E-state index contributed by atoms with van der Waals surface area (Å²) >= 11 is 5.72. The van der Waals surface area contributed by atoms with E-state index >= 15 is 0 Å². The van der Waals surface area contributed by atoms with Crippen LogP contribution in [0, 0.1) is 0 Å². The highest BCUT2D eigenvalue weighted by atomic mass is 35.5. The predicted molar refractivity (Wildman–Crippen MR) is 81.1 cm³/mol. The lowest BCUT2D eigenvalue weighted by Crippen LogP contribution is -2.50. The first-order valence-corrected chi connectivity index (χ1v) is 7.41. The van der Waals surface area contributed by atoms with E-state index in [0.717, 1.165) is 25.9 Å². The topological polar surface area (TPSA) is 45.2 Å². The molecule has 1 amide bonds. The van der Waals surface area contributed by atoms with E-state index in [1.54, 1.807) is 12.1 Å². The molecule has 1 aliphatic heterocycles. The largest absolute Gasteiger partial charge is 0.349 e. The van der Waals surface area contributed by atoms with Crippen LogP contribution in [0.4, 0.5) is 0 Å². The Kier molecular flexibility index (Phi) is 4.66. The fourth-order valence-electron chi connectivity index (χ4n) is 2.47. The molecule has 1 aromatic rings. The number of halogens is 1. The van der Waals surface area contributed by atoms with Crippen molar-refractivity contribution in [2.75, 3.05) is 13.1 Å². The van der Waals surface area contributed by atoms with Gasteiger partial charge in [-0.15, -0.1) is 0 Å². The van der Waals surface area contributed by atoms with Gasteiger partial charge in [0.15, 0.2) is 0 Å². The van der Waals surface area contributed by atoms with Gasteiger partial charge in [0.05, 0.1) is 5.56 Å². The minimum atomic E-state index is -0.0663. The molecule has 20 heavy (non-hydrogen) atoms. The van der Waals surface area contributed by atoms with Crippen LogP contribution < -0.4 is 5.32 Å². The zero-order chi connectivity index (χ0) is 14.8. The van der Waals surface area contributed by atoms with Crippen LogP contribution in [0.5, 0.6) is 0 Å². The monoisotopic (exact) mass is 295 g/mol. The Hall–Kier alpha value is -1.13. The highest BCUT2D eigenvalue weighted by molar-refractivity contribution is 6.29. The number of carbonyl (C=O) groups excluding carboxylic acids is 1. The standard InChI is InChI=1S/C15H22ClN3O/c1-15(2,3)19-8-6-12(7-9-19)18-14(20)11-4-5-13(16)17-10-11/h4-5,10,12H,6-9H2,1-3H3,(H,18,20). The number of likely N-dealkylation sites (tertiary alicyclic amines) is 1. The Morgan fingerprint density at radius 3 is 2.50 bits per heavy atom. The number of aromatic nitrogens is 1. The van der Waals surface area contributed by atoms with Crippen molar-refractivity contribution in [1.29, 1.82) is 0 Å². The molecule has 1 saturated heterocycles. The number of piperidine rings is 1. The maximum Gasteiger partial charge on any atom is 0.253 e. The molecule has 0 aliphatic carbocycles. The number of amides is 1. The minimum Gasteiger partial charge on any atom is -0.349 e. The molecule has 4 nitrogen and oxygen atoms in total. The number of hydrogen-bond acceptors (Lipinski definition) is 3. The van der Waals surface area contributed by atoms with Crippen molar-refractivity contribution >= 4 is 17.5 Å². The average molecular weight is 296 g/mol. The van der Waals surface area contributed by atoms with Gasteiger partial charge >= 0.3 is 0 Å². The number of pyridine rings is 1. The molecular formula is C15H22ClN3O. The third-order valence-electron chi connectivity index (χ3n) is 3.77. The van der Waals surface area contributed by atoms with E-state index in [-0.39, 0.29) is 17.5 Å². The molecule has 0 unspecified atom stereocenters. The maximum absolute atomic E-state index is 12.1. The first kappa shape index (κ1) is 15.3. The van der Waals surface area contributed by atoms with Gasteiger partial charge in [0, 0.05) is 30.9 Å². The van der Waals surface area contributed by atoms with Crippen LogP contribution in [0.1, 0.15) is 44.0 Å². The Morgan fingerprint density at radius 2 is 2.00 bits per heavy atom. The summed E-state index contributed by atoms with van der Waals surface area (Å²) in [6.07, 6.45) is 3.50. The van der Waals surface area contributed by atoms with Crippen molar-refractivity contribution in [1.82, 2.24) is 15.2 Å². The van der Waals surface area contributed by atoms with E-state index in [4.69, 9.17) is 11.6 Å². The number of nitrogens with one attached hydrogen (secondary N) is 1. The summed E-state index contributed by atoms with van der Waals surface area (Å²) < 4.78 is 0.